The summed E-state index contributed by atoms with van der Waals surface area (Å²) < 4.78 is 6.15. The molecule has 0 aliphatic rings. The summed E-state index contributed by atoms with van der Waals surface area (Å²) in [7, 11) is 1.56. The van der Waals surface area contributed by atoms with Crippen LogP contribution in [0.4, 0.5) is 11.6 Å². The number of ether oxygens (including phenoxy) is 1. The van der Waals surface area contributed by atoms with Gasteiger partial charge in [-0.15, -0.1) is 0 Å². The van der Waals surface area contributed by atoms with E-state index in [0.29, 0.717) is 25.2 Å². The molecular formula is C14H12Cl2IN5O. The molecule has 1 unspecified atom stereocenters. The van der Waals surface area contributed by atoms with Crippen LogP contribution in [0, 0.1) is 14.9 Å². The molecular weight excluding hydrogens is 452 g/mol. The van der Waals surface area contributed by atoms with Crippen molar-refractivity contribution in [3.63, 3.8) is 0 Å². The van der Waals surface area contributed by atoms with Crippen LogP contribution in [0.2, 0.25) is 10.0 Å². The fourth-order valence-electron chi connectivity index (χ4n) is 2.03. The van der Waals surface area contributed by atoms with Crippen LogP contribution in [0.5, 0.6) is 5.75 Å². The fourth-order valence-corrected chi connectivity index (χ4v) is 3.36. The molecule has 1 aromatic carbocycles. The zero-order chi connectivity index (χ0) is 17.1. The zero-order valence-electron chi connectivity index (χ0n) is 12.2. The molecule has 0 aliphatic heterocycles. The molecule has 120 valence electrons. The number of benzene rings is 1. The van der Waals surface area contributed by atoms with Gasteiger partial charge in [0.25, 0.3) is 0 Å². The first kappa shape index (κ1) is 17.8. The molecule has 0 spiro atoms. The largest absolute Gasteiger partial charge is 0.495 e. The van der Waals surface area contributed by atoms with Crippen LogP contribution in [0.3, 0.4) is 0 Å². The molecule has 9 heteroatoms. The van der Waals surface area contributed by atoms with E-state index in [1.807, 2.05) is 13.0 Å². The molecule has 0 radical (unpaired) electrons. The lowest BCUT2D eigenvalue weighted by Gasteiger charge is -2.20. The van der Waals surface area contributed by atoms with Crippen LogP contribution in [-0.4, -0.2) is 17.1 Å². The Hall–Kier alpha value is -1.50. The first-order valence-electron chi connectivity index (χ1n) is 6.39. The minimum atomic E-state index is -0.255. The highest BCUT2D eigenvalue weighted by Crippen LogP contribution is 2.40. The number of aromatic nitrogens is 2. The summed E-state index contributed by atoms with van der Waals surface area (Å²) >= 11 is 14.4. The SMILES string of the molecule is COc1c(C(C)Nc2ncnc(N)c2C#N)cc(Cl)c(Cl)c1I. The number of rotatable bonds is 4. The van der Waals surface area contributed by atoms with Gasteiger partial charge in [-0.25, -0.2) is 9.97 Å². The van der Waals surface area contributed by atoms with Crippen molar-refractivity contribution in [2.75, 3.05) is 18.2 Å². The summed E-state index contributed by atoms with van der Waals surface area (Å²) in [6, 6.07) is 3.46. The lowest BCUT2D eigenvalue weighted by molar-refractivity contribution is 0.405. The van der Waals surface area contributed by atoms with E-state index in [9.17, 15) is 5.26 Å². The second-order valence-electron chi connectivity index (χ2n) is 4.57. The Labute approximate surface area is 157 Å². The van der Waals surface area contributed by atoms with Crippen molar-refractivity contribution in [2.24, 2.45) is 0 Å². The molecule has 2 rings (SSSR count). The van der Waals surface area contributed by atoms with Gasteiger partial charge in [-0.05, 0) is 35.6 Å². The average Bonchev–Trinajstić information content (AvgIpc) is 2.52. The third kappa shape index (κ3) is 3.54. The monoisotopic (exact) mass is 463 g/mol. The highest BCUT2D eigenvalue weighted by Gasteiger charge is 2.20. The predicted molar refractivity (Wildman–Crippen MR) is 98.9 cm³/mol. The summed E-state index contributed by atoms with van der Waals surface area (Å²) in [6.07, 6.45) is 1.29. The van der Waals surface area contributed by atoms with Gasteiger partial charge in [0.15, 0.2) is 0 Å². The van der Waals surface area contributed by atoms with E-state index in [1.54, 1.807) is 13.2 Å². The maximum Gasteiger partial charge on any atom is 0.150 e. The number of nitrogen functional groups attached to an aromatic ring is 1. The number of nitrogens with zero attached hydrogens (tertiary/aromatic N) is 3. The highest BCUT2D eigenvalue weighted by atomic mass is 127. The van der Waals surface area contributed by atoms with Crippen LogP contribution in [-0.2, 0) is 0 Å². The Bertz CT molecular complexity index is 794. The highest BCUT2D eigenvalue weighted by molar-refractivity contribution is 14.1. The number of methoxy groups -OCH3 is 1. The van der Waals surface area contributed by atoms with Gasteiger partial charge in [-0.2, -0.15) is 5.26 Å². The summed E-state index contributed by atoms with van der Waals surface area (Å²) in [5.74, 6) is 1.07. The molecule has 2 aromatic rings. The molecule has 23 heavy (non-hydrogen) atoms. The molecule has 0 aliphatic carbocycles. The van der Waals surface area contributed by atoms with E-state index < -0.39 is 0 Å². The summed E-state index contributed by atoms with van der Waals surface area (Å²) in [4.78, 5) is 7.87. The first-order chi connectivity index (χ1) is 10.9. The van der Waals surface area contributed by atoms with E-state index in [0.717, 1.165) is 5.56 Å². The maximum absolute atomic E-state index is 9.19. The normalized spacial score (nSPS) is 11.7. The summed E-state index contributed by atoms with van der Waals surface area (Å²) in [5, 5.41) is 13.2. The second-order valence-corrected chi connectivity index (χ2v) is 6.43. The lowest BCUT2D eigenvalue weighted by Crippen LogP contribution is -2.12. The van der Waals surface area contributed by atoms with Crippen molar-refractivity contribution in [3.8, 4) is 11.8 Å². The summed E-state index contributed by atoms with van der Waals surface area (Å²) in [5.41, 5.74) is 6.67. The first-order valence-corrected chi connectivity index (χ1v) is 8.22. The minimum absolute atomic E-state index is 0.118. The zero-order valence-corrected chi connectivity index (χ0v) is 15.9. The van der Waals surface area contributed by atoms with Crippen molar-refractivity contribution >= 4 is 57.4 Å². The number of hydrogen-bond donors (Lipinski definition) is 2. The molecule has 0 fully saturated rings. The van der Waals surface area contributed by atoms with Gasteiger partial charge in [-0.3, -0.25) is 0 Å². The van der Waals surface area contributed by atoms with Gasteiger partial charge in [-0.1, -0.05) is 23.2 Å². The van der Waals surface area contributed by atoms with Crippen LogP contribution in [0.15, 0.2) is 12.4 Å². The van der Waals surface area contributed by atoms with Gasteiger partial charge in [0.1, 0.15) is 35.3 Å². The number of nitrogens with one attached hydrogen (secondary N) is 1. The van der Waals surface area contributed by atoms with Crippen LogP contribution >= 0.6 is 45.8 Å². The smallest absolute Gasteiger partial charge is 0.150 e. The molecule has 1 atom stereocenters. The van der Waals surface area contributed by atoms with Crippen molar-refractivity contribution in [3.05, 3.63) is 37.1 Å². The number of halogens is 3. The van der Waals surface area contributed by atoms with Crippen LogP contribution in [0.1, 0.15) is 24.1 Å². The minimum Gasteiger partial charge on any atom is -0.495 e. The lowest BCUT2D eigenvalue weighted by atomic mass is 10.1. The number of nitrogens with two attached hydrogens (primary N) is 1. The fraction of sp³-hybridized carbons (Fsp3) is 0.214. The number of nitriles is 1. The summed E-state index contributed by atoms with van der Waals surface area (Å²) in [6.45, 7) is 1.89. The Morgan fingerprint density at radius 2 is 2.13 bits per heavy atom. The Balaban J connectivity index is 2.45. The number of hydrogen-bond acceptors (Lipinski definition) is 6. The van der Waals surface area contributed by atoms with Gasteiger partial charge in [0.2, 0.25) is 0 Å². The van der Waals surface area contributed by atoms with E-state index in [2.05, 4.69) is 37.9 Å². The van der Waals surface area contributed by atoms with Gasteiger partial charge < -0.3 is 15.8 Å². The molecule has 3 N–H and O–H groups in total. The maximum atomic E-state index is 9.19. The topological polar surface area (TPSA) is 96.8 Å². The second kappa shape index (κ2) is 7.38. The van der Waals surface area contributed by atoms with Crippen molar-refractivity contribution < 1.29 is 4.74 Å². The third-order valence-corrected chi connectivity index (χ3v) is 5.29. The standard InChI is InChI=1S/C14H12Cl2IN5O/c1-6(22-14-8(4-18)13(19)20-5-21-14)7-3-9(15)10(16)11(17)12(7)23-2/h3,5-6H,1-2H3,(H3,19,20,21,22). The van der Waals surface area contributed by atoms with Crippen molar-refractivity contribution in [1.29, 1.82) is 5.26 Å². The molecule has 1 heterocycles. The van der Waals surface area contributed by atoms with Gasteiger partial charge in [0, 0.05) is 5.56 Å². The molecule has 0 bridgehead atoms. The van der Waals surface area contributed by atoms with Gasteiger partial charge >= 0.3 is 0 Å². The Morgan fingerprint density at radius 3 is 2.74 bits per heavy atom. The molecule has 0 saturated carbocycles. The van der Waals surface area contributed by atoms with E-state index >= 15 is 0 Å². The average molecular weight is 464 g/mol. The third-order valence-electron chi connectivity index (χ3n) is 3.16. The molecule has 6 nitrogen and oxygen atoms in total. The molecule has 0 amide bonds. The molecule has 1 aromatic heterocycles. The van der Waals surface area contributed by atoms with E-state index in [1.165, 1.54) is 6.33 Å². The van der Waals surface area contributed by atoms with Crippen LogP contribution in [0.25, 0.3) is 0 Å². The molecule has 0 saturated heterocycles. The predicted octanol–water partition coefficient (Wildman–Crippen LogP) is 4.02. The van der Waals surface area contributed by atoms with E-state index in [-0.39, 0.29) is 17.4 Å². The van der Waals surface area contributed by atoms with Crippen LogP contribution < -0.4 is 15.8 Å². The Morgan fingerprint density at radius 1 is 1.43 bits per heavy atom. The van der Waals surface area contributed by atoms with Crippen molar-refractivity contribution in [1.82, 2.24) is 9.97 Å². The van der Waals surface area contributed by atoms with E-state index in [4.69, 9.17) is 33.7 Å². The number of anilines is 2. The van der Waals surface area contributed by atoms with Gasteiger partial charge in [0.05, 0.1) is 26.8 Å². The van der Waals surface area contributed by atoms with Crippen molar-refractivity contribution in [2.45, 2.75) is 13.0 Å². The quantitative estimate of drug-likeness (QED) is 0.525. The Kier molecular flexibility index (Phi) is 5.73.